The zero-order valence-corrected chi connectivity index (χ0v) is 6.10. The van der Waals surface area contributed by atoms with Gasteiger partial charge in [-0.2, -0.15) is 0 Å². The lowest BCUT2D eigenvalue weighted by Crippen LogP contribution is -2.13. The fraction of sp³-hybridized carbons (Fsp3) is 0.750. The van der Waals surface area contributed by atoms with Crippen LogP contribution >= 0.6 is 0 Å². The van der Waals surface area contributed by atoms with Crippen LogP contribution in [0.1, 0.15) is 6.42 Å². The van der Waals surface area contributed by atoms with Crippen LogP contribution in [0, 0.1) is 18.3 Å². The van der Waals surface area contributed by atoms with Crippen LogP contribution in [-0.4, -0.2) is 26.3 Å². The van der Waals surface area contributed by atoms with Crippen molar-refractivity contribution in [3.8, 4) is 12.3 Å². The Morgan fingerprint density at radius 1 is 1.70 bits per heavy atom. The lowest BCUT2D eigenvalue weighted by atomic mass is 10.1. The predicted molar refractivity (Wildman–Crippen MR) is 40.6 cm³/mol. The maximum absolute atomic E-state index is 5.19. The van der Waals surface area contributed by atoms with E-state index in [0.29, 0.717) is 12.5 Å². The number of nitrogens with one attached hydrogen (secondary N) is 1. The molecule has 10 heavy (non-hydrogen) atoms. The Morgan fingerprint density at radius 2 is 2.60 bits per heavy atom. The summed E-state index contributed by atoms with van der Waals surface area (Å²) in [7, 11) is 0. The molecule has 1 unspecified atom stereocenters. The molecule has 0 aromatic rings. The zero-order chi connectivity index (χ0) is 7.23. The molecule has 0 aromatic heterocycles. The highest BCUT2D eigenvalue weighted by atomic mass is 16.5. The van der Waals surface area contributed by atoms with Gasteiger partial charge in [0.15, 0.2) is 0 Å². The second-order valence-electron chi connectivity index (χ2n) is 2.58. The first-order valence-corrected chi connectivity index (χ1v) is 3.65. The first-order valence-electron chi connectivity index (χ1n) is 3.65. The van der Waals surface area contributed by atoms with Crippen LogP contribution in [0.5, 0.6) is 0 Å². The molecule has 1 saturated heterocycles. The molecular formula is C8H13NO. The van der Waals surface area contributed by atoms with Gasteiger partial charge in [0.1, 0.15) is 6.61 Å². The largest absolute Gasteiger partial charge is 0.368 e. The number of ether oxygens (including phenoxy) is 1. The van der Waals surface area contributed by atoms with E-state index >= 15 is 0 Å². The van der Waals surface area contributed by atoms with Crippen LogP contribution in [0.25, 0.3) is 0 Å². The molecule has 2 nitrogen and oxygen atoms in total. The normalized spacial score (nSPS) is 24.5. The van der Waals surface area contributed by atoms with Crippen molar-refractivity contribution in [2.75, 3.05) is 26.3 Å². The molecule has 0 saturated carbocycles. The van der Waals surface area contributed by atoms with Crippen molar-refractivity contribution < 1.29 is 4.74 Å². The smallest absolute Gasteiger partial charge is 0.107 e. The number of terminal acetylenes is 1. The van der Waals surface area contributed by atoms with Crippen LogP contribution in [0.4, 0.5) is 0 Å². The molecule has 0 spiro atoms. The third-order valence-corrected chi connectivity index (χ3v) is 1.70. The van der Waals surface area contributed by atoms with E-state index in [-0.39, 0.29) is 0 Å². The predicted octanol–water partition coefficient (Wildman–Crippen LogP) is 0.246. The van der Waals surface area contributed by atoms with Crippen LogP contribution in [0.2, 0.25) is 0 Å². The van der Waals surface area contributed by atoms with Crippen molar-refractivity contribution in [2.45, 2.75) is 6.42 Å². The van der Waals surface area contributed by atoms with Crippen molar-refractivity contribution >= 4 is 0 Å². The highest BCUT2D eigenvalue weighted by Gasteiger charge is 2.13. The van der Waals surface area contributed by atoms with Crippen molar-refractivity contribution in [2.24, 2.45) is 5.92 Å². The lowest BCUT2D eigenvalue weighted by Gasteiger charge is -2.05. The minimum absolute atomic E-state index is 0.455. The summed E-state index contributed by atoms with van der Waals surface area (Å²) in [5, 5.41) is 3.27. The molecule has 0 bridgehead atoms. The third-order valence-electron chi connectivity index (χ3n) is 1.70. The fourth-order valence-corrected chi connectivity index (χ4v) is 1.14. The lowest BCUT2D eigenvalue weighted by molar-refractivity contribution is 0.133. The monoisotopic (exact) mass is 139 g/mol. The van der Waals surface area contributed by atoms with E-state index in [9.17, 15) is 0 Å². The Kier molecular flexibility index (Phi) is 3.28. The van der Waals surface area contributed by atoms with Crippen molar-refractivity contribution in [3.05, 3.63) is 0 Å². The van der Waals surface area contributed by atoms with E-state index in [1.165, 1.54) is 6.42 Å². The summed E-state index contributed by atoms with van der Waals surface area (Å²) in [5.41, 5.74) is 0. The highest BCUT2D eigenvalue weighted by molar-refractivity contribution is 4.83. The van der Waals surface area contributed by atoms with Crippen molar-refractivity contribution in [1.29, 1.82) is 0 Å². The molecule has 0 aliphatic carbocycles. The SMILES string of the molecule is C#CCOCC1CCNC1. The number of hydrogen-bond donors (Lipinski definition) is 1. The summed E-state index contributed by atoms with van der Waals surface area (Å²) < 4.78 is 5.19. The summed E-state index contributed by atoms with van der Waals surface area (Å²) in [6, 6.07) is 0. The highest BCUT2D eigenvalue weighted by Crippen LogP contribution is 2.06. The van der Waals surface area contributed by atoms with E-state index in [2.05, 4.69) is 11.2 Å². The van der Waals surface area contributed by atoms with Crippen LogP contribution in [-0.2, 0) is 4.74 Å². The third kappa shape index (κ3) is 2.38. The second-order valence-corrected chi connectivity index (χ2v) is 2.58. The number of rotatable bonds is 3. The Morgan fingerprint density at radius 3 is 3.20 bits per heavy atom. The van der Waals surface area contributed by atoms with E-state index in [4.69, 9.17) is 11.2 Å². The Balaban J connectivity index is 1.97. The van der Waals surface area contributed by atoms with Gasteiger partial charge < -0.3 is 10.1 Å². The molecule has 0 aromatic carbocycles. The molecule has 1 heterocycles. The van der Waals surface area contributed by atoms with Gasteiger partial charge in [-0.15, -0.1) is 6.42 Å². The van der Waals surface area contributed by atoms with Gasteiger partial charge in [0.05, 0.1) is 6.61 Å². The van der Waals surface area contributed by atoms with E-state index in [1.54, 1.807) is 0 Å². The Bertz CT molecular complexity index is 122. The molecule has 1 aliphatic rings. The fourth-order valence-electron chi connectivity index (χ4n) is 1.14. The molecule has 1 atom stereocenters. The van der Waals surface area contributed by atoms with Gasteiger partial charge in [-0.1, -0.05) is 5.92 Å². The van der Waals surface area contributed by atoms with E-state index in [1.807, 2.05) is 0 Å². The molecular weight excluding hydrogens is 126 g/mol. The van der Waals surface area contributed by atoms with E-state index in [0.717, 1.165) is 19.7 Å². The first kappa shape index (κ1) is 7.59. The van der Waals surface area contributed by atoms with Crippen LogP contribution in [0.3, 0.4) is 0 Å². The molecule has 0 amide bonds. The van der Waals surface area contributed by atoms with Gasteiger partial charge in [-0.05, 0) is 18.9 Å². The summed E-state index contributed by atoms with van der Waals surface area (Å²) in [5.74, 6) is 3.14. The van der Waals surface area contributed by atoms with Gasteiger partial charge >= 0.3 is 0 Å². The van der Waals surface area contributed by atoms with Crippen LogP contribution in [0.15, 0.2) is 0 Å². The standard InChI is InChI=1S/C8H13NO/c1-2-5-10-7-8-3-4-9-6-8/h1,8-9H,3-7H2. The molecule has 1 aliphatic heterocycles. The Hall–Kier alpha value is -0.520. The topological polar surface area (TPSA) is 21.3 Å². The second kappa shape index (κ2) is 4.32. The van der Waals surface area contributed by atoms with E-state index < -0.39 is 0 Å². The zero-order valence-electron chi connectivity index (χ0n) is 6.10. The summed E-state index contributed by atoms with van der Waals surface area (Å²) in [6.45, 7) is 3.49. The van der Waals surface area contributed by atoms with Gasteiger partial charge in [0.2, 0.25) is 0 Å². The average Bonchev–Trinajstić information content (AvgIpc) is 2.41. The quantitative estimate of drug-likeness (QED) is 0.447. The van der Waals surface area contributed by atoms with Gasteiger partial charge in [-0.3, -0.25) is 0 Å². The maximum Gasteiger partial charge on any atom is 0.107 e. The maximum atomic E-state index is 5.19. The van der Waals surface area contributed by atoms with Gasteiger partial charge in [0.25, 0.3) is 0 Å². The van der Waals surface area contributed by atoms with Gasteiger partial charge in [-0.25, -0.2) is 0 Å². The first-order chi connectivity index (χ1) is 4.93. The molecule has 1 N–H and O–H groups in total. The average molecular weight is 139 g/mol. The summed E-state index contributed by atoms with van der Waals surface area (Å²) in [6.07, 6.45) is 6.25. The molecule has 56 valence electrons. The van der Waals surface area contributed by atoms with Crippen molar-refractivity contribution in [3.63, 3.8) is 0 Å². The Labute approximate surface area is 62.0 Å². The van der Waals surface area contributed by atoms with Gasteiger partial charge in [0, 0.05) is 6.54 Å². The van der Waals surface area contributed by atoms with Crippen molar-refractivity contribution in [1.82, 2.24) is 5.32 Å². The number of hydrogen-bond acceptors (Lipinski definition) is 2. The minimum Gasteiger partial charge on any atom is -0.368 e. The summed E-state index contributed by atoms with van der Waals surface area (Å²) >= 11 is 0. The molecule has 0 radical (unpaired) electrons. The minimum atomic E-state index is 0.455. The van der Waals surface area contributed by atoms with Crippen LogP contribution < -0.4 is 5.32 Å². The molecule has 1 rings (SSSR count). The molecule has 2 heteroatoms. The summed E-state index contributed by atoms with van der Waals surface area (Å²) in [4.78, 5) is 0. The molecule has 1 fully saturated rings.